The maximum absolute atomic E-state index is 11.4. The molecule has 2 aliphatic rings. The summed E-state index contributed by atoms with van der Waals surface area (Å²) in [6.07, 6.45) is 2.13. The first kappa shape index (κ1) is 17.0. The van der Waals surface area contributed by atoms with E-state index >= 15 is 0 Å². The second-order valence-corrected chi connectivity index (χ2v) is 6.75. The van der Waals surface area contributed by atoms with Crippen molar-refractivity contribution in [3.8, 4) is 11.5 Å². The van der Waals surface area contributed by atoms with Crippen LogP contribution in [-0.4, -0.2) is 48.2 Å². The summed E-state index contributed by atoms with van der Waals surface area (Å²) in [4.78, 5) is 13.3. The summed E-state index contributed by atoms with van der Waals surface area (Å²) in [5.41, 5.74) is 0.807. The average Bonchev–Trinajstić information content (AvgIpc) is 2.55. The molecule has 0 amide bonds. The van der Waals surface area contributed by atoms with Crippen molar-refractivity contribution in [2.45, 2.75) is 45.3 Å². The second-order valence-electron chi connectivity index (χ2n) is 6.75. The van der Waals surface area contributed by atoms with E-state index in [0.29, 0.717) is 48.9 Å². The van der Waals surface area contributed by atoms with Gasteiger partial charge in [-0.05, 0) is 32.0 Å². The van der Waals surface area contributed by atoms with E-state index in [9.17, 15) is 10.1 Å². The molecule has 0 saturated carbocycles. The molecule has 132 valence electrons. The Kier molecular flexibility index (Phi) is 5.20. The molecule has 7 nitrogen and oxygen atoms in total. The highest BCUT2D eigenvalue weighted by Crippen LogP contribution is 2.37. The summed E-state index contributed by atoms with van der Waals surface area (Å²) in [6.45, 7) is 7.68. The number of piperidine rings is 1. The van der Waals surface area contributed by atoms with Crippen LogP contribution in [0.5, 0.6) is 11.5 Å². The summed E-state index contributed by atoms with van der Waals surface area (Å²) < 4.78 is 11.0. The fraction of sp³-hybridized carbons (Fsp3) is 0.647. The molecule has 0 radical (unpaired) electrons. The number of rotatable bonds is 5. The van der Waals surface area contributed by atoms with Crippen LogP contribution in [0.15, 0.2) is 12.1 Å². The lowest BCUT2D eigenvalue weighted by Crippen LogP contribution is -2.44. The molecule has 0 aromatic heterocycles. The first-order chi connectivity index (χ1) is 11.5. The van der Waals surface area contributed by atoms with E-state index in [0.717, 1.165) is 25.9 Å². The number of benzene rings is 1. The number of ether oxygens (including phenoxy) is 2. The van der Waals surface area contributed by atoms with Crippen molar-refractivity contribution < 1.29 is 14.4 Å². The van der Waals surface area contributed by atoms with Crippen LogP contribution in [-0.2, 0) is 6.54 Å². The molecule has 2 heterocycles. The number of hydrogen-bond acceptors (Lipinski definition) is 6. The van der Waals surface area contributed by atoms with E-state index in [1.54, 1.807) is 6.07 Å². The van der Waals surface area contributed by atoms with E-state index in [1.807, 2.05) is 0 Å². The highest BCUT2D eigenvalue weighted by molar-refractivity contribution is 5.54. The number of hydrogen-bond donors (Lipinski definition) is 1. The first-order valence-corrected chi connectivity index (χ1v) is 8.58. The molecule has 0 bridgehead atoms. The maximum Gasteiger partial charge on any atom is 0.277 e. The third-order valence-corrected chi connectivity index (χ3v) is 4.49. The normalized spacial score (nSPS) is 18.8. The quantitative estimate of drug-likeness (QED) is 0.657. The smallest absolute Gasteiger partial charge is 0.277 e. The van der Waals surface area contributed by atoms with Gasteiger partial charge in [-0.3, -0.25) is 15.0 Å². The highest BCUT2D eigenvalue weighted by Gasteiger charge is 2.25. The summed E-state index contributed by atoms with van der Waals surface area (Å²) in [5.74, 6) is 1.08. The van der Waals surface area contributed by atoms with Gasteiger partial charge in [-0.25, -0.2) is 0 Å². The molecule has 1 N–H and O–H groups in total. The maximum atomic E-state index is 11.4. The molecule has 0 spiro atoms. The fourth-order valence-corrected chi connectivity index (χ4v) is 3.39. The van der Waals surface area contributed by atoms with Gasteiger partial charge in [-0.15, -0.1) is 0 Å². The molecule has 3 rings (SSSR count). The predicted molar refractivity (Wildman–Crippen MR) is 90.7 cm³/mol. The Balaban J connectivity index is 1.69. The number of fused-ring (bicyclic) bond motifs is 1. The van der Waals surface area contributed by atoms with Gasteiger partial charge in [0.15, 0.2) is 11.5 Å². The van der Waals surface area contributed by atoms with E-state index in [4.69, 9.17) is 9.47 Å². The lowest BCUT2D eigenvalue weighted by molar-refractivity contribution is -0.385. The zero-order chi connectivity index (χ0) is 17.1. The van der Waals surface area contributed by atoms with Crippen LogP contribution in [0, 0.1) is 10.1 Å². The van der Waals surface area contributed by atoms with Crippen LogP contribution < -0.4 is 14.8 Å². The van der Waals surface area contributed by atoms with Crippen LogP contribution >= 0.6 is 0 Å². The summed E-state index contributed by atoms with van der Waals surface area (Å²) in [5, 5.41) is 15.0. The number of likely N-dealkylation sites (tertiary alicyclic amines) is 1. The highest BCUT2D eigenvalue weighted by atomic mass is 16.6. The van der Waals surface area contributed by atoms with E-state index in [-0.39, 0.29) is 10.6 Å². The van der Waals surface area contributed by atoms with Crippen molar-refractivity contribution >= 4 is 5.69 Å². The molecule has 0 aliphatic carbocycles. The molecule has 0 unspecified atom stereocenters. The average molecular weight is 335 g/mol. The SMILES string of the molecule is CC(C)NC1CCN(Cc2cc3c(cc2[N+](=O)[O-])OCCO3)CC1. The van der Waals surface area contributed by atoms with Gasteiger partial charge in [0, 0.05) is 24.2 Å². The van der Waals surface area contributed by atoms with Crippen LogP contribution in [0.1, 0.15) is 32.3 Å². The Morgan fingerprint density at radius 1 is 1.25 bits per heavy atom. The van der Waals surface area contributed by atoms with Crippen molar-refractivity contribution in [1.29, 1.82) is 0 Å². The van der Waals surface area contributed by atoms with Crippen molar-refractivity contribution in [1.82, 2.24) is 10.2 Å². The van der Waals surface area contributed by atoms with Crippen LogP contribution in [0.4, 0.5) is 5.69 Å². The molecular formula is C17H25N3O4. The van der Waals surface area contributed by atoms with Gasteiger partial charge in [-0.2, -0.15) is 0 Å². The Bertz CT molecular complexity index is 598. The molecular weight excluding hydrogens is 310 g/mol. The van der Waals surface area contributed by atoms with Crippen molar-refractivity contribution in [3.05, 3.63) is 27.8 Å². The molecule has 1 aromatic carbocycles. The number of nitrogens with one attached hydrogen (secondary N) is 1. The molecule has 2 aliphatic heterocycles. The Labute approximate surface area is 142 Å². The minimum absolute atomic E-state index is 0.113. The van der Waals surface area contributed by atoms with E-state index < -0.39 is 0 Å². The number of nitro benzene ring substituents is 1. The standard InChI is InChI=1S/C17H25N3O4/c1-12(2)18-14-3-5-19(6-4-14)11-13-9-16-17(24-8-7-23-16)10-15(13)20(21)22/h9-10,12,14,18H,3-8,11H2,1-2H3. The van der Waals surface area contributed by atoms with Crippen LogP contribution in [0.3, 0.4) is 0 Å². The Morgan fingerprint density at radius 2 is 1.88 bits per heavy atom. The van der Waals surface area contributed by atoms with Gasteiger partial charge < -0.3 is 14.8 Å². The zero-order valence-corrected chi connectivity index (χ0v) is 14.3. The van der Waals surface area contributed by atoms with E-state index in [2.05, 4.69) is 24.1 Å². The van der Waals surface area contributed by atoms with Gasteiger partial charge in [0.25, 0.3) is 5.69 Å². The lowest BCUT2D eigenvalue weighted by Gasteiger charge is -2.33. The van der Waals surface area contributed by atoms with Crippen molar-refractivity contribution in [2.75, 3.05) is 26.3 Å². The van der Waals surface area contributed by atoms with Crippen LogP contribution in [0.25, 0.3) is 0 Å². The third kappa shape index (κ3) is 3.96. The third-order valence-electron chi connectivity index (χ3n) is 4.49. The zero-order valence-electron chi connectivity index (χ0n) is 14.3. The van der Waals surface area contributed by atoms with Gasteiger partial charge in [0.05, 0.1) is 11.0 Å². The van der Waals surface area contributed by atoms with Crippen molar-refractivity contribution in [3.63, 3.8) is 0 Å². The molecule has 1 aromatic rings. The number of nitro groups is 1. The summed E-state index contributed by atoms with van der Waals surface area (Å²) in [6, 6.07) is 4.29. The first-order valence-electron chi connectivity index (χ1n) is 8.58. The Hall–Kier alpha value is -1.86. The minimum atomic E-state index is -0.333. The largest absolute Gasteiger partial charge is 0.486 e. The predicted octanol–water partition coefficient (Wildman–Crippen LogP) is 2.33. The second kappa shape index (κ2) is 7.36. The van der Waals surface area contributed by atoms with Gasteiger partial charge >= 0.3 is 0 Å². The monoisotopic (exact) mass is 335 g/mol. The minimum Gasteiger partial charge on any atom is -0.486 e. The van der Waals surface area contributed by atoms with Gasteiger partial charge in [0.2, 0.25) is 0 Å². The Morgan fingerprint density at radius 3 is 2.46 bits per heavy atom. The lowest BCUT2D eigenvalue weighted by atomic mass is 10.0. The van der Waals surface area contributed by atoms with Gasteiger partial charge in [0.1, 0.15) is 13.2 Å². The fourth-order valence-electron chi connectivity index (χ4n) is 3.39. The summed E-state index contributed by atoms with van der Waals surface area (Å²) >= 11 is 0. The molecule has 7 heteroatoms. The summed E-state index contributed by atoms with van der Waals surface area (Å²) in [7, 11) is 0. The van der Waals surface area contributed by atoms with Crippen molar-refractivity contribution in [2.24, 2.45) is 0 Å². The topological polar surface area (TPSA) is 76.9 Å². The molecule has 1 fully saturated rings. The molecule has 0 atom stereocenters. The number of nitrogens with zero attached hydrogens (tertiary/aromatic N) is 2. The van der Waals surface area contributed by atoms with Gasteiger partial charge in [-0.1, -0.05) is 13.8 Å². The van der Waals surface area contributed by atoms with E-state index in [1.165, 1.54) is 6.07 Å². The molecule has 24 heavy (non-hydrogen) atoms. The molecule has 1 saturated heterocycles. The van der Waals surface area contributed by atoms with Crippen LogP contribution in [0.2, 0.25) is 0 Å².